The van der Waals surface area contributed by atoms with E-state index in [-0.39, 0.29) is 5.92 Å². The van der Waals surface area contributed by atoms with E-state index >= 15 is 0 Å². The normalized spacial score (nSPS) is 16.4. The van der Waals surface area contributed by atoms with E-state index in [0.717, 1.165) is 18.4 Å². The van der Waals surface area contributed by atoms with E-state index in [9.17, 15) is 8.78 Å². The molecular weight excluding hydrogens is 278 g/mol. The summed E-state index contributed by atoms with van der Waals surface area (Å²) in [7, 11) is 0. The van der Waals surface area contributed by atoms with Gasteiger partial charge in [-0.2, -0.15) is 0 Å². The number of fused-ring (bicyclic) bond motifs is 1. The summed E-state index contributed by atoms with van der Waals surface area (Å²) in [5.74, 6) is 1.13. The Kier molecular flexibility index (Phi) is 3.98. The highest BCUT2D eigenvalue weighted by atomic mass is 19.2. The summed E-state index contributed by atoms with van der Waals surface area (Å²) in [5, 5.41) is 0. The number of benzene rings is 2. The first-order chi connectivity index (χ1) is 10.6. The van der Waals surface area contributed by atoms with Crippen LogP contribution in [0.25, 0.3) is 11.1 Å². The first-order valence-corrected chi connectivity index (χ1v) is 7.69. The predicted octanol–water partition coefficient (Wildman–Crippen LogP) is 4.93. The van der Waals surface area contributed by atoms with Crippen molar-refractivity contribution in [3.8, 4) is 23.5 Å². The van der Waals surface area contributed by atoms with E-state index in [1.54, 1.807) is 6.07 Å². The molecule has 0 saturated heterocycles. The molecule has 0 spiro atoms. The Morgan fingerprint density at radius 3 is 2.50 bits per heavy atom. The van der Waals surface area contributed by atoms with Crippen molar-refractivity contribution in [3.05, 3.63) is 58.7 Å². The number of hydrogen-bond donors (Lipinski definition) is 0. The van der Waals surface area contributed by atoms with Crippen LogP contribution in [-0.2, 0) is 19.3 Å². The van der Waals surface area contributed by atoms with Gasteiger partial charge in [-0.25, -0.2) is 8.78 Å². The number of rotatable bonds is 3. The molecule has 1 unspecified atom stereocenters. The minimum absolute atomic E-state index is 0.0221. The summed E-state index contributed by atoms with van der Waals surface area (Å²) in [6.45, 7) is 2.12. The molecular formula is C20H18F2. The van der Waals surface area contributed by atoms with E-state index in [1.165, 1.54) is 5.56 Å². The Labute approximate surface area is 130 Å². The Hall–Kier alpha value is -2.14. The van der Waals surface area contributed by atoms with Crippen molar-refractivity contribution < 1.29 is 8.78 Å². The third-order valence-electron chi connectivity index (χ3n) is 4.36. The molecule has 0 saturated carbocycles. The molecule has 2 aromatic carbocycles. The highest BCUT2D eigenvalue weighted by Gasteiger charge is 2.27. The van der Waals surface area contributed by atoms with Crippen LogP contribution in [0.3, 0.4) is 0 Å². The Morgan fingerprint density at radius 2 is 1.86 bits per heavy atom. The van der Waals surface area contributed by atoms with Crippen LogP contribution in [0, 0.1) is 29.9 Å². The Morgan fingerprint density at radius 1 is 1.14 bits per heavy atom. The molecule has 0 aromatic heterocycles. The highest BCUT2D eigenvalue weighted by Crippen LogP contribution is 2.35. The lowest BCUT2D eigenvalue weighted by Crippen LogP contribution is -1.98. The number of aryl methyl sites for hydroxylation is 1. The van der Waals surface area contributed by atoms with Crippen LogP contribution in [-0.4, -0.2) is 0 Å². The Bertz CT molecular complexity index is 736. The van der Waals surface area contributed by atoms with E-state index in [2.05, 4.69) is 12.8 Å². The second kappa shape index (κ2) is 5.93. The predicted molar refractivity (Wildman–Crippen MR) is 85.5 cm³/mol. The second-order valence-electron chi connectivity index (χ2n) is 5.91. The van der Waals surface area contributed by atoms with E-state index in [0.29, 0.717) is 29.5 Å². The smallest absolute Gasteiger partial charge is 0.166 e. The van der Waals surface area contributed by atoms with Gasteiger partial charge in [0.15, 0.2) is 11.6 Å². The summed E-state index contributed by atoms with van der Waals surface area (Å²) in [6.07, 6.45) is 8.55. The van der Waals surface area contributed by atoms with Crippen LogP contribution in [0.5, 0.6) is 0 Å². The molecule has 0 radical (unpaired) electrons. The standard InChI is InChI=1S/C20H18F2/c1-3-5-14-6-8-15(9-7-14)18-12-16-10-13(4-2)11-17(16)19(21)20(18)22/h2,6-9,12-13H,3,5,10-11H2,1H3. The molecule has 0 amide bonds. The molecule has 1 atom stereocenters. The third-order valence-corrected chi connectivity index (χ3v) is 4.36. The van der Waals surface area contributed by atoms with E-state index < -0.39 is 11.6 Å². The fourth-order valence-electron chi connectivity index (χ4n) is 3.17. The fourth-order valence-corrected chi connectivity index (χ4v) is 3.17. The summed E-state index contributed by atoms with van der Waals surface area (Å²) < 4.78 is 28.7. The van der Waals surface area contributed by atoms with Crippen molar-refractivity contribution in [2.75, 3.05) is 0 Å². The SMILES string of the molecule is C#CC1Cc2cc(-c3ccc(CCC)cc3)c(F)c(F)c2C1. The third kappa shape index (κ3) is 2.52. The summed E-state index contributed by atoms with van der Waals surface area (Å²) in [6, 6.07) is 9.45. The fraction of sp³-hybridized carbons (Fsp3) is 0.300. The van der Waals surface area contributed by atoms with Crippen LogP contribution in [0.4, 0.5) is 8.78 Å². The molecule has 0 bridgehead atoms. The van der Waals surface area contributed by atoms with Crippen LogP contribution in [0.1, 0.15) is 30.0 Å². The molecule has 22 heavy (non-hydrogen) atoms. The molecule has 2 aromatic rings. The van der Waals surface area contributed by atoms with Gasteiger partial charge in [-0.05, 0) is 47.6 Å². The van der Waals surface area contributed by atoms with Crippen molar-refractivity contribution >= 4 is 0 Å². The zero-order valence-electron chi connectivity index (χ0n) is 12.6. The van der Waals surface area contributed by atoms with Crippen LogP contribution in [0.2, 0.25) is 0 Å². The molecule has 0 nitrogen and oxygen atoms in total. The van der Waals surface area contributed by atoms with Gasteiger partial charge in [0, 0.05) is 11.5 Å². The first-order valence-electron chi connectivity index (χ1n) is 7.69. The highest BCUT2D eigenvalue weighted by molar-refractivity contribution is 5.67. The summed E-state index contributed by atoms with van der Waals surface area (Å²) >= 11 is 0. The molecule has 0 heterocycles. The van der Waals surface area contributed by atoms with Crippen LogP contribution < -0.4 is 0 Å². The molecule has 0 aliphatic heterocycles. The quantitative estimate of drug-likeness (QED) is 0.704. The van der Waals surface area contributed by atoms with Crippen molar-refractivity contribution in [1.82, 2.24) is 0 Å². The van der Waals surface area contributed by atoms with Gasteiger partial charge in [0.1, 0.15) is 0 Å². The summed E-state index contributed by atoms with van der Waals surface area (Å²) in [5.41, 5.74) is 3.54. The lowest BCUT2D eigenvalue weighted by atomic mass is 9.97. The van der Waals surface area contributed by atoms with Gasteiger partial charge in [-0.1, -0.05) is 37.6 Å². The zero-order chi connectivity index (χ0) is 15.7. The van der Waals surface area contributed by atoms with Crippen molar-refractivity contribution in [2.24, 2.45) is 5.92 Å². The Balaban J connectivity index is 2.02. The number of terminal acetylenes is 1. The van der Waals surface area contributed by atoms with E-state index in [4.69, 9.17) is 6.42 Å². The zero-order valence-corrected chi connectivity index (χ0v) is 12.6. The van der Waals surface area contributed by atoms with Crippen LogP contribution >= 0.6 is 0 Å². The van der Waals surface area contributed by atoms with Crippen molar-refractivity contribution in [3.63, 3.8) is 0 Å². The largest absolute Gasteiger partial charge is 0.203 e. The topological polar surface area (TPSA) is 0 Å². The second-order valence-corrected chi connectivity index (χ2v) is 5.91. The maximum atomic E-state index is 14.4. The van der Waals surface area contributed by atoms with Gasteiger partial charge < -0.3 is 0 Å². The minimum Gasteiger partial charge on any atom is -0.203 e. The van der Waals surface area contributed by atoms with Gasteiger partial charge in [0.05, 0.1) is 0 Å². The molecule has 1 aliphatic carbocycles. The lowest BCUT2D eigenvalue weighted by molar-refractivity contribution is 0.501. The molecule has 0 fully saturated rings. The average Bonchev–Trinajstić information content (AvgIpc) is 2.95. The van der Waals surface area contributed by atoms with Gasteiger partial charge in [0.25, 0.3) is 0 Å². The van der Waals surface area contributed by atoms with Crippen LogP contribution in [0.15, 0.2) is 30.3 Å². The van der Waals surface area contributed by atoms with Crippen molar-refractivity contribution in [1.29, 1.82) is 0 Å². The molecule has 1 aliphatic rings. The van der Waals surface area contributed by atoms with Gasteiger partial charge in [-0.15, -0.1) is 12.3 Å². The maximum Gasteiger partial charge on any atom is 0.166 e. The van der Waals surface area contributed by atoms with Crippen molar-refractivity contribution in [2.45, 2.75) is 32.6 Å². The number of halogens is 2. The van der Waals surface area contributed by atoms with Gasteiger partial charge >= 0.3 is 0 Å². The molecule has 3 rings (SSSR count). The number of hydrogen-bond acceptors (Lipinski definition) is 0. The molecule has 0 N–H and O–H groups in total. The minimum atomic E-state index is -0.764. The lowest BCUT2D eigenvalue weighted by Gasteiger charge is -2.10. The average molecular weight is 296 g/mol. The first kappa shape index (κ1) is 14.8. The van der Waals surface area contributed by atoms with Gasteiger partial charge in [-0.3, -0.25) is 0 Å². The maximum absolute atomic E-state index is 14.4. The van der Waals surface area contributed by atoms with E-state index in [1.807, 2.05) is 24.3 Å². The molecule has 112 valence electrons. The van der Waals surface area contributed by atoms with Gasteiger partial charge in [0.2, 0.25) is 0 Å². The monoisotopic (exact) mass is 296 g/mol. The molecule has 2 heteroatoms. The summed E-state index contributed by atoms with van der Waals surface area (Å²) in [4.78, 5) is 0.